The molecule has 1 heterocycles. The van der Waals surface area contributed by atoms with Gasteiger partial charge in [0.15, 0.2) is 0 Å². The number of methoxy groups -OCH3 is 1. The Bertz CT molecular complexity index is 528. The molecule has 2 rings (SSSR count). The number of aliphatic hydroxyl groups excluding tert-OH is 1. The fourth-order valence-electron chi connectivity index (χ4n) is 1.92. The Morgan fingerprint density at radius 3 is 2.88 bits per heavy atom. The third-order valence-corrected chi connectivity index (χ3v) is 3.35. The molecule has 0 saturated heterocycles. The number of nitrogens with zero attached hydrogens (tertiary/aromatic N) is 1. The van der Waals surface area contributed by atoms with Gasteiger partial charge in [0, 0.05) is 22.7 Å². The van der Waals surface area contributed by atoms with Gasteiger partial charge >= 0.3 is 0 Å². The van der Waals surface area contributed by atoms with Crippen molar-refractivity contribution in [2.45, 2.75) is 12.8 Å². The predicted octanol–water partition coefficient (Wildman–Crippen LogP) is 2.93. The maximum atomic E-state index is 8.92. The van der Waals surface area contributed by atoms with Crippen LogP contribution in [0, 0.1) is 0 Å². The number of rotatable bonds is 4. The van der Waals surface area contributed by atoms with E-state index in [4.69, 9.17) is 9.84 Å². The minimum Gasteiger partial charge on any atom is -0.496 e. The number of pyridine rings is 1. The number of hydrogen-bond acceptors (Lipinski definition) is 3. The second-order valence-corrected chi connectivity index (χ2v) is 4.62. The topological polar surface area (TPSA) is 42.4 Å². The van der Waals surface area contributed by atoms with Crippen LogP contribution in [-0.2, 0) is 6.42 Å². The van der Waals surface area contributed by atoms with Crippen LogP contribution < -0.4 is 4.74 Å². The van der Waals surface area contributed by atoms with E-state index in [1.165, 1.54) is 0 Å². The summed E-state index contributed by atoms with van der Waals surface area (Å²) in [7, 11) is 1.66. The van der Waals surface area contributed by atoms with Gasteiger partial charge in [0.1, 0.15) is 5.75 Å². The van der Waals surface area contributed by atoms with E-state index in [2.05, 4.69) is 20.9 Å². The van der Waals surface area contributed by atoms with Crippen molar-refractivity contribution < 1.29 is 9.84 Å². The zero-order valence-electron chi connectivity index (χ0n) is 9.61. The molecule has 0 radical (unpaired) electrons. The van der Waals surface area contributed by atoms with E-state index in [0.717, 1.165) is 39.5 Å². The highest BCUT2D eigenvalue weighted by atomic mass is 79.9. The minimum atomic E-state index is 0.195. The van der Waals surface area contributed by atoms with E-state index < -0.39 is 0 Å². The van der Waals surface area contributed by atoms with Crippen molar-refractivity contribution in [3.8, 4) is 5.75 Å². The molecule has 1 N–H and O–H groups in total. The van der Waals surface area contributed by atoms with Crippen molar-refractivity contribution in [3.63, 3.8) is 0 Å². The van der Waals surface area contributed by atoms with Crippen molar-refractivity contribution in [1.82, 2.24) is 4.98 Å². The summed E-state index contributed by atoms with van der Waals surface area (Å²) in [6, 6.07) is 5.84. The van der Waals surface area contributed by atoms with Gasteiger partial charge in [-0.1, -0.05) is 0 Å². The molecule has 0 amide bonds. The summed E-state index contributed by atoms with van der Waals surface area (Å²) in [6.45, 7) is 0.195. The lowest BCUT2D eigenvalue weighted by molar-refractivity contribution is 0.288. The molecule has 0 saturated carbocycles. The number of benzene rings is 1. The number of ether oxygens (including phenoxy) is 1. The molecule has 0 aliphatic carbocycles. The molecule has 1 aromatic carbocycles. The Hall–Kier alpha value is -1.13. The summed E-state index contributed by atoms with van der Waals surface area (Å²) >= 11 is 3.50. The van der Waals surface area contributed by atoms with Crippen LogP contribution in [0.2, 0.25) is 0 Å². The largest absolute Gasteiger partial charge is 0.496 e. The normalized spacial score (nSPS) is 10.8. The molecule has 0 unspecified atom stereocenters. The molecule has 0 atom stereocenters. The molecule has 17 heavy (non-hydrogen) atoms. The van der Waals surface area contributed by atoms with Gasteiger partial charge in [0.05, 0.1) is 12.6 Å². The molecule has 0 fully saturated rings. The van der Waals surface area contributed by atoms with Gasteiger partial charge in [-0.25, -0.2) is 0 Å². The molecule has 0 aliphatic rings. The van der Waals surface area contributed by atoms with E-state index in [1.54, 1.807) is 13.3 Å². The molecule has 90 valence electrons. The average Bonchev–Trinajstić information content (AvgIpc) is 2.37. The number of halogens is 1. The second kappa shape index (κ2) is 5.47. The summed E-state index contributed by atoms with van der Waals surface area (Å²) in [5.74, 6) is 0.823. The lowest BCUT2D eigenvalue weighted by Gasteiger charge is -2.10. The first-order valence-electron chi connectivity index (χ1n) is 5.49. The van der Waals surface area contributed by atoms with Crippen molar-refractivity contribution >= 4 is 26.8 Å². The molecule has 2 aromatic rings. The number of hydrogen-bond donors (Lipinski definition) is 1. The molecule has 0 bridgehead atoms. The van der Waals surface area contributed by atoms with Crippen LogP contribution in [0.15, 0.2) is 28.9 Å². The van der Waals surface area contributed by atoms with E-state index in [-0.39, 0.29) is 6.61 Å². The van der Waals surface area contributed by atoms with Crippen LogP contribution in [0.4, 0.5) is 0 Å². The summed E-state index contributed by atoms with van der Waals surface area (Å²) < 4.78 is 6.34. The summed E-state index contributed by atoms with van der Waals surface area (Å²) in [6.07, 6.45) is 3.36. The summed E-state index contributed by atoms with van der Waals surface area (Å²) in [5.41, 5.74) is 2.06. The van der Waals surface area contributed by atoms with Gasteiger partial charge < -0.3 is 9.84 Å². The van der Waals surface area contributed by atoms with Gasteiger partial charge in [-0.2, -0.15) is 0 Å². The lowest BCUT2D eigenvalue weighted by atomic mass is 10.0. The molecule has 0 aliphatic heterocycles. The molecule has 4 heteroatoms. The first-order valence-corrected chi connectivity index (χ1v) is 6.28. The highest BCUT2D eigenvalue weighted by molar-refractivity contribution is 9.10. The Morgan fingerprint density at radius 2 is 2.18 bits per heavy atom. The molecule has 3 nitrogen and oxygen atoms in total. The number of aryl methyl sites for hydroxylation is 1. The van der Waals surface area contributed by atoms with Crippen LogP contribution in [0.3, 0.4) is 0 Å². The third kappa shape index (κ3) is 2.42. The van der Waals surface area contributed by atoms with Crippen molar-refractivity contribution in [3.05, 3.63) is 34.4 Å². The van der Waals surface area contributed by atoms with E-state index >= 15 is 0 Å². The van der Waals surface area contributed by atoms with Crippen LogP contribution in [0.5, 0.6) is 5.75 Å². The third-order valence-electron chi connectivity index (χ3n) is 2.72. The smallest absolute Gasteiger partial charge is 0.128 e. The first kappa shape index (κ1) is 12.3. The van der Waals surface area contributed by atoms with E-state index in [0.29, 0.717) is 0 Å². The standard InChI is InChI=1S/C13H14BrNO2/c1-17-11-5-4-10(14)13-12(11)9(3-2-8-16)6-7-15-13/h4-7,16H,2-3,8H2,1H3. The Balaban J connectivity index is 2.63. The maximum Gasteiger partial charge on any atom is 0.128 e. The predicted molar refractivity (Wildman–Crippen MR) is 71.4 cm³/mol. The Morgan fingerprint density at radius 1 is 1.35 bits per heavy atom. The molecular formula is C13H14BrNO2. The van der Waals surface area contributed by atoms with E-state index in [1.807, 2.05) is 18.2 Å². The average molecular weight is 296 g/mol. The molecular weight excluding hydrogens is 282 g/mol. The zero-order valence-corrected chi connectivity index (χ0v) is 11.2. The van der Waals surface area contributed by atoms with Crippen LogP contribution in [0.25, 0.3) is 10.9 Å². The summed E-state index contributed by atoms with van der Waals surface area (Å²) in [4.78, 5) is 4.37. The lowest BCUT2D eigenvalue weighted by Crippen LogP contribution is -1.95. The number of aromatic nitrogens is 1. The summed E-state index contributed by atoms with van der Waals surface area (Å²) in [5, 5.41) is 9.95. The maximum absolute atomic E-state index is 8.92. The highest BCUT2D eigenvalue weighted by Gasteiger charge is 2.10. The van der Waals surface area contributed by atoms with Crippen molar-refractivity contribution in [1.29, 1.82) is 0 Å². The fourth-order valence-corrected chi connectivity index (χ4v) is 2.35. The number of aliphatic hydroxyl groups is 1. The monoisotopic (exact) mass is 295 g/mol. The highest BCUT2D eigenvalue weighted by Crippen LogP contribution is 2.33. The quantitative estimate of drug-likeness (QED) is 0.943. The van der Waals surface area contributed by atoms with Gasteiger partial charge in [-0.05, 0) is 52.5 Å². The van der Waals surface area contributed by atoms with Gasteiger partial charge in [-0.3, -0.25) is 4.98 Å². The van der Waals surface area contributed by atoms with E-state index in [9.17, 15) is 0 Å². The van der Waals surface area contributed by atoms with Gasteiger partial charge in [0.2, 0.25) is 0 Å². The van der Waals surface area contributed by atoms with Crippen LogP contribution in [-0.4, -0.2) is 23.8 Å². The van der Waals surface area contributed by atoms with Gasteiger partial charge in [-0.15, -0.1) is 0 Å². The van der Waals surface area contributed by atoms with Crippen LogP contribution in [0.1, 0.15) is 12.0 Å². The fraction of sp³-hybridized carbons (Fsp3) is 0.308. The second-order valence-electron chi connectivity index (χ2n) is 3.77. The Kier molecular flexibility index (Phi) is 3.97. The Labute approximate surface area is 109 Å². The first-order chi connectivity index (χ1) is 8.27. The zero-order chi connectivity index (χ0) is 12.3. The SMILES string of the molecule is COc1ccc(Br)c2nccc(CCCO)c12. The van der Waals surface area contributed by atoms with Crippen LogP contribution >= 0.6 is 15.9 Å². The minimum absolute atomic E-state index is 0.195. The molecule has 0 spiro atoms. The number of fused-ring (bicyclic) bond motifs is 1. The molecule has 1 aromatic heterocycles. The van der Waals surface area contributed by atoms with Crippen molar-refractivity contribution in [2.75, 3.05) is 13.7 Å². The van der Waals surface area contributed by atoms with Gasteiger partial charge in [0.25, 0.3) is 0 Å². The van der Waals surface area contributed by atoms with Crippen molar-refractivity contribution in [2.24, 2.45) is 0 Å².